The maximum Gasteiger partial charge on any atom is 0.288 e. The van der Waals surface area contributed by atoms with Crippen molar-refractivity contribution in [2.45, 2.75) is 23.6 Å². The second-order valence-corrected chi connectivity index (χ2v) is 5.25. The molecule has 1 amide bonds. The molecule has 1 aromatic carbocycles. The molecule has 0 aliphatic heterocycles. The van der Waals surface area contributed by atoms with Gasteiger partial charge in [0.2, 0.25) is 5.91 Å². The first kappa shape index (κ1) is 16.9. The van der Waals surface area contributed by atoms with Gasteiger partial charge in [-0.25, -0.2) is 0 Å². The minimum absolute atomic E-state index is 0.0792. The first-order valence-corrected chi connectivity index (χ1v) is 6.96. The summed E-state index contributed by atoms with van der Waals surface area (Å²) < 4.78 is 29.2. The number of carbonyl (C=O) groups excluding carboxylic acids is 1. The zero-order valence-electron chi connectivity index (χ0n) is 11.4. The van der Waals surface area contributed by atoms with Crippen molar-refractivity contribution in [1.29, 1.82) is 0 Å². The third-order valence-corrected chi connectivity index (χ3v) is 3.11. The molecule has 0 bridgehead atoms. The van der Waals surface area contributed by atoms with Gasteiger partial charge in [0.15, 0.2) is 0 Å². The number of amides is 1. The van der Waals surface area contributed by atoms with E-state index in [2.05, 4.69) is 10.6 Å². The van der Waals surface area contributed by atoms with Gasteiger partial charge in [-0.2, -0.15) is 8.78 Å². The molecule has 0 aromatic heterocycles. The van der Waals surface area contributed by atoms with Crippen molar-refractivity contribution >= 4 is 23.4 Å². The number of methoxy groups -OCH3 is 1. The summed E-state index contributed by atoms with van der Waals surface area (Å²) in [5.74, 6) is -2.64. The fourth-order valence-electron chi connectivity index (χ4n) is 1.50. The second kappa shape index (κ2) is 8.89. The minimum Gasteiger partial charge on any atom is -0.383 e. The smallest absolute Gasteiger partial charge is 0.288 e. The highest BCUT2D eigenvalue weighted by molar-refractivity contribution is 7.99. The molecule has 0 aliphatic carbocycles. The fraction of sp³-hybridized carbons (Fsp3) is 0.462. The van der Waals surface area contributed by atoms with Gasteiger partial charge in [0.05, 0.1) is 13.2 Å². The summed E-state index contributed by atoms with van der Waals surface area (Å²) in [5, 5.41) is 5.68. The highest BCUT2D eigenvalue weighted by Crippen LogP contribution is 2.26. The van der Waals surface area contributed by atoms with Crippen molar-refractivity contribution in [2.75, 3.05) is 25.6 Å². The molecule has 2 N–H and O–H groups in total. The molecule has 0 spiro atoms. The standard InChI is InChI=1S/C13H18F2N2O2S/c1-9(8-19-2)16-7-12(18)17-10-3-5-11(6-4-10)20-13(14)15/h3-6,9,13,16H,7-8H2,1-2H3,(H,17,18)/t9-/m0/s1. The Hall–Kier alpha value is -1.18. The molecule has 0 fully saturated rings. The molecule has 0 radical (unpaired) electrons. The van der Waals surface area contributed by atoms with Crippen LogP contribution in [0.4, 0.5) is 14.5 Å². The molecule has 1 aromatic rings. The first-order chi connectivity index (χ1) is 9.51. The Morgan fingerprint density at radius 3 is 2.55 bits per heavy atom. The number of rotatable bonds is 8. The number of hydrogen-bond acceptors (Lipinski definition) is 4. The molecule has 0 heterocycles. The molecule has 0 saturated carbocycles. The minimum atomic E-state index is -2.44. The van der Waals surface area contributed by atoms with E-state index in [9.17, 15) is 13.6 Å². The van der Waals surface area contributed by atoms with Crippen LogP contribution < -0.4 is 10.6 Å². The molecular weight excluding hydrogens is 286 g/mol. The van der Waals surface area contributed by atoms with Crippen LogP contribution in [0.5, 0.6) is 0 Å². The van der Waals surface area contributed by atoms with Crippen molar-refractivity contribution in [2.24, 2.45) is 0 Å². The number of ether oxygens (including phenoxy) is 1. The Bertz CT molecular complexity index is 415. The van der Waals surface area contributed by atoms with E-state index in [4.69, 9.17) is 4.74 Å². The number of halogens is 2. The lowest BCUT2D eigenvalue weighted by Crippen LogP contribution is -2.36. The molecule has 4 nitrogen and oxygen atoms in total. The highest BCUT2D eigenvalue weighted by Gasteiger charge is 2.07. The van der Waals surface area contributed by atoms with E-state index >= 15 is 0 Å². The number of benzene rings is 1. The van der Waals surface area contributed by atoms with Gasteiger partial charge in [-0.1, -0.05) is 11.8 Å². The summed E-state index contributed by atoms with van der Waals surface area (Å²) in [6, 6.07) is 6.37. The van der Waals surface area contributed by atoms with E-state index < -0.39 is 5.76 Å². The number of anilines is 1. The topological polar surface area (TPSA) is 50.4 Å². The van der Waals surface area contributed by atoms with Gasteiger partial charge in [0, 0.05) is 23.7 Å². The lowest BCUT2D eigenvalue weighted by molar-refractivity contribution is -0.115. The van der Waals surface area contributed by atoms with E-state index in [-0.39, 0.29) is 18.5 Å². The third kappa shape index (κ3) is 6.83. The maximum absolute atomic E-state index is 12.1. The summed E-state index contributed by atoms with van der Waals surface area (Å²) in [7, 11) is 1.59. The van der Waals surface area contributed by atoms with Crippen LogP contribution in [0.1, 0.15) is 6.92 Å². The van der Waals surface area contributed by atoms with Crippen LogP contribution in [0, 0.1) is 0 Å². The average molecular weight is 304 g/mol. The monoisotopic (exact) mass is 304 g/mol. The van der Waals surface area contributed by atoms with Crippen LogP contribution in [-0.2, 0) is 9.53 Å². The second-order valence-electron chi connectivity index (χ2n) is 4.19. The Kier molecular flexibility index (Phi) is 7.50. The Labute approximate surface area is 121 Å². The van der Waals surface area contributed by atoms with Gasteiger partial charge in [0.1, 0.15) is 0 Å². The van der Waals surface area contributed by atoms with E-state index in [1.807, 2.05) is 6.92 Å². The summed E-state index contributed by atoms with van der Waals surface area (Å²) >= 11 is 0.473. The van der Waals surface area contributed by atoms with Gasteiger partial charge in [0.25, 0.3) is 5.76 Å². The van der Waals surface area contributed by atoms with Gasteiger partial charge in [-0.05, 0) is 31.2 Å². The largest absolute Gasteiger partial charge is 0.383 e. The summed E-state index contributed by atoms with van der Waals surface area (Å²) in [6.45, 7) is 2.60. The molecule has 20 heavy (non-hydrogen) atoms. The van der Waals surface area contributed by atoms with Crippen molar-refractivity contribution in [3.8, 4) is 0 Å². The number of nitrogens with one attached hydrogen (secondary N) is 2. The highest BCUT2D eigenvalue weighted by atomic mass is 32.2. The van der Waals surface area contributed by atoms with Gasteiger partial charge >= 0.3 is 0 Å². The van der Waals surface area contributed by atoms with E-state index in [0.29, 0.717) is 29.0 Å². The normalized spacial score (nSPS) is 12.4. The van der Waals surface area contributed by atoms with Crippen molar-refractivity contribution < 1.29 is 18.3 Å². The van der Waals surface area contributed by atoms with Crippen LogP contribution in [-0.4, -0.2) is 38.0 Å². The van der Waals surface area contributed by atoms with Gasteiger partial charge in [-0.3, -0.25) is 4.79 Å². The van der Waals surface area contributed by atoms with E-state index in [0.717, 1.165) is 0 Å². The van der Waals surface area contributed by atoms with Crippen molar-refractivity contribution in [1.82, 2.24) is 5.32 Å². The average Bonchev–Trinajstić information content (AvgIpc) is 2.38. The molecule has 0 unspecified atom stereocenters. The SMILES string of the molecule is COC[C@H](C)NCC(=O)Nc1ccc(SC(F)F)cc1. The van der Waals surface area contributed by atoms with Crippen LogP contribution in [0.2, 0.25) is 0 Å². The van der Waals surface area contributed by atoms with Crippen LogP contribution in [0.15, 0.2) is 29.2 Å². The summed E-state index contributed by atoms with van der Waals surface area (Å²) in [4.78, 5) is 12.1. The zero-order valence-corrected chi connectivity index (χ0v) is 12.2. The van der Waals surface area contributed by atoms with Gasteiger partial charge in [-0.15, -0.1) is 0 Å². The molecular formula is C13H18F2N2O2S. The zero-order chi connectivity index (χ0) is 15.0. The molecule has 112 valence electrons. The predicted octanol–water partition coefficient (Wildman–Crippen LogP) is 2.56. The molecule has 1 atom stereocenters. The first-order valence-electron chi connectivity index (χ1n) is 6.08. The Morgan fingerprint density at radius 2 is 2.00 bits per heavy atom. The lowest BCUT2D eigenvalue weighted by Gasteiger charge is -2.12. The predicted molar refractivity (Wildman–Crippen MR) is 76.3 cm³/mol. The maximum atomic E-state index is 12.1. The summed E-state index contributed by atoms with van der Waals surface area (Å²) in [5.41, 5.74) is 0.579. The number of carbonyl (C=O) groups is 1. The molecule has 0 saturated heterocycles. The third-order valence-electron chi connectivity index (χ3n) is 2.39. The summed E-state index contributed by atoms with van der Waals surface area (Å²) in [6.07, 6.45) is 0. The van der Waals surface area contributed by atoms with Crippen LogP contribution >= 0.6 is 11.8 Å². The lowest BCUT2D eigenvalue weighted by atomic mass is 10.3. The van der Waals surface area contributed by atoms with Crippen molar-refractivity contribution in [3.63, 3.8) is 0 Å². The van der Waals surface area contributed by atoms with E-state index in [1.165, 1.54) is 0 Å². The van der Waals surface area contributed by atoms with Crippen LogP contribution in [0.25, 0.3) is 0 Å². The Morgan fingerprint density at radius 1 is 1.35 bits per heavy atom. The molecule has 0 aliphatic rings. The Balaban J connectivity index is 2.38. The number of thioether (sulfide) groups is 1. The number of alkyl halides is 2. The molecule has 7 heteroatoms. The van der Waals surface area contributed by atoms with Crippen molar-refractivity contribution in [3.05, 3.63) is 24.3 Å². The molecule has 1 rings (SSSR count). The number of hydrogen-bond donors (Lipinski definition) is 2. The van der Waals surface area contributed by atoms with Gasteiger partial charge < -0.3 is 15.4 Å². The fourth-order valence-corrected chi connectivity index (χ4v) is 2.00. The van der Waals surface area contributed by atoms with Crippen LogP contribution in [0.3, 0.4) is 0 Å². The van der Waals surface area contributed by atoms with E-state index in [1.54, 1.807) is 31.4 Å². The quantitative estimate of drug-likeness (QED) is 0.725.